The molecule has 0 saturated carbocycles. The average molecular weight is 368 g/mol. The Morgan fingerprint density at radius 1 is 1.11 bits per heavy atom. The molecule has 3 rings (SSSR count). The smallest absolute Gasteiger partial charge is 0.229 e. The number of hydrogen-bond donors (Lipinski definition) is 1. The van der Waals surface area contributed by atoms with Crippen molar-refractivity contribution in [1.82, 2.24) is 4.90 Å². The molecule has 2 aromatic rings. The molecule has 5 nitrogen and oxygen atoms in total. The molecule has 1 saturated heterocycles. The van der Waals surface area contributed by atoms with Gasteiger partial charge in [-0.15, -0.1) is 0 Å². The zero-order valence-electron chi connectivity index (χ0n) is 15.1. The Hall–Kier alpha value is -3.02. The van der Waals surface area contributed by atoms with Gasteiger partial charge in [0.25, 0.3) is 0 Å². The van der Waals surface area contributed by atoms with Crippen molar-refractivity contribution < 1.29 is 18.8 Å². The summed E-state index contributed by atoms with van der Waals surface area (Å²) in [5.74, 6) is -0.985. The molecular formula is C21H21FN2O3. The third-order valence-electron chi connectivity index (χ3n) is 4.73. The normalized spacial score (nSPS) is 16.4. The Labute approximate surface area is 157 Å². The second kappa shape index (κ2) is 8.12. The first kappa shape index (κ1) is 18.8. The first-order valence-corrected chi connectivity index (χ1v) is 8.86. The molecule has 0 aromatic heterocycles. The topological polar surface area (TPSA) is 66.5 Å². The Kier molecular flexibility index (Phi) is 5.64. The number of Topliss-reactive ketones (excluding diaryl/α,β-unsaturated/α-hetero) is 1. The molecule has 2 aromatic carbocycles. The van der Waals surface area contributed by atoms with Crippen molar-refractivity contribution in [3.05, 3.63) is 65.5 Å². The van der Waals surface area contributed by atoms with E-state index in [1.807, 2.05) is 0 Å². The van der Waals surface area contributed by atoms with Gasteiger partial charge >= 0.3 is 0 Å². The van der Waals surface area contributed by atoms with E-state index in [1.165, 1.54) is 19.1 Å². The standard InChI is InChI=1S/C21H21FN2O3/c1-14(25)16-4-8-19(9-5-16)23-21(27)17-12-20(26)24(13-17)11-10-15-2-6-18(22)7-3-15/h2-9,17H,10-13H2,1H3,(H,23,27)/t17-/m1/s1. The highest BCUT2D eigenvalue weighted by atomic mass is 19.1. The van der Waals surface area contributed by atoms with Gasteiger partial charge in [-0.25, -0.2) is 4.39 Å². The highest BCUT2D eigenvalue weighted by Gasteiger charge is 2.34. The Bertz CT molecular complexity index is 847. The molecule has 1 fully saturated rings. The summed E-state index contributed by atoms with van der Waals surface area (Å²) in [6.45, 7) is 2.36. The predicted molar refractivity (Wildman–Crippen MR) is 99.9 cm³/mol. The van der Waals surface area contributed by atoms with E-state index in [2.05, 4.69) is 5.32 Å². The van der Waals surface area contributed by atoms with Gasteiger partial charge in [0.15, 0.2) is 5.78 Å². The minimum atomic E-state index is -0.404. The maximum absolute atomic E-state index is 12.9. The number of carbonyl (C=O) groups excluding carboxylic acids is 3. The van der Waals surface area contributed by atoms with Gasteiger partial charge in [-0.05, 0) is 55.3 Å². The highest BCUT2D eigenvalue weighted by Crippen LogP contribution is 2.21. The van der Waals surface area contributed by atoms with Crippen LogP contribution >= 0.6 is 0 Å². The van der Waals surface area contributed by atoms with E-state index in [9.17, 15) is 18.8 Å². The molecule has 140 valence electrons. The summed E-state index contributed by atoms with van der Waals surface area (Å²) in [5.41, 5.74) is 2.13. The largest absolute Gasteiger partial charge is 0.342 e. The molecule has 1 heterocycles. The first-order valence-electron chi connectivity index (χ1n) is 8.86. The van der Waals surface area contributed by atoms with Gasteiger partial charge in [-0.2, -0.15) is 0 Å². The number of nitrogens with one attached hydrogen (secondary N) is 1. The number of halogens is 1. The Morgan fingerprint density at radius 2 is 1.78 bits per heavy atom. The number of ketones is 1. The van der Waals surface area contributed by atoms with E-state index in [1.54, 1.807) is 41.3 Å². The van der Waals surface area contributed by atoms with Crippen molar-refractivity contribution in [2.24, 2.45) is 5.92 Å². The summed E-state index contributed by atoms with van der Waals surface area (Å²) in [4.78, 5) is 37.6. The first-order chi connectivity index (χ1) is 12.9. The van der Waals surface area contributed by atoms with Crippen LogP contribution < -0.4 is 5.32 Å². The number of benzene rings is 2. The lowest BCUT2D eigenvalue weighted by Crippen LogP contribution is -2.30. The fourth-order valence-corrected chi connectivity index (χ4v) is 3.11. The second-order valence-corrected chi connectivity index (χ2v) is 6.74. The van der Waals surface area contributed by atoms with Crippen LogP contribution in [-0.4, -0.2) is 35.6 Å². The molecule has 1 atom stereocenters. The quantitative estimate of drug-likeness (QED) is 0.797. The van der Waals surface area contributed by atoms with Crippen LogP contribution in [0.5, 0.6) is 0 Å². The maximum Gasteiger partial charge on any atom is 0.229 e. The summed E-state index contributed by atoms with van der Waals surface area (Å²) >= 11 is 0. The summed E-state index contributed by atoms with van der Waals surface area (Å²) in [6, 6.07) is 12.9. The van der Waals surface area contributed by atoms with Gasteiger partial charge in [0.1, 0.15) is 5.82 Å². The fourth-order valence-electron chi connectivity index (χ4n) is 3.11. The minimum Gasteiger partial charge on any atom is -0.342 e. The van der Waals surface area contributed by atoms with Crippen molar-refractivity contribution in [2.75, 3.05) is 18.4 Å². The van der Waals surface area contributed by atoms with Gasteiger partial charge in [0.05, 0.1) is 5.92 Å². The number of nitrogens with zero attached hydrogens (tertiary/aromatic N) is 1. The lowest BCUT2D eigenvalue weighted by molar-refractivity contribution is -0.128. The number of amides is 2. The molecule has 0 unspecified atom stereocenters. The fraction of sp³-hybridized carbons (Fsp3) is 0.286. The average Bonchev–Trinajstić information content (AvgIpc) is 3.03. The molecular weight excluding hydrogens is 347 g/mol. The Balaban J connectivity index is 1.53. The monoisotopic (exact) mass is 368 g/mol. The highest BCUT2D eigenvalue weighted by molar-refractivity contribution is 5.98. The molecule has 6 heteroatoms. The number of carbonyl (C=O) groups is 3. The van der Waals surface area contributed by atoms with Gasteiger partial charge < -0.3 is 10.2 Å². The number of likely N-dealkylation sites (tertiary alicyclic amines) is 1. The van der Waals surface area contributed by atoms with Crippen LogP contribution in [0.2, 0.25) is 0 Å². The summed E-state index contributed by atoms with van der Waals surface area (Å²) in [6.07, 6.45) is 0.799. The zero-order valence-corrected chi connectivity index (χ0v) is 15.1. The van der Waals surface area contributed by atoms with E-state index < -0.39 is 5.92 Å². The molecule has 0 radical (unpaired) electrons. The third-order valence-corrected chi connectivity index (χ3v) is 4.73. The minimum absolute atomic E-state index is 0.0361. The summed E-state index contributed by atoms with van der Waals surface area (Å²) < 4.78 is 12.9. The lowest BCUT2D eigenvalue weighted by Gasteiger charge is -2.16. The molecule has 27 heavy (non-hydrogen) atoms. The number of hydrogen-bond acceptors (Lipinski definition) is 3. The van der Waals surface area contributed by atoms with Gasteiger partial charge in [0.2, 0.25) is 11.8 Å². The molecule has 1 aliphatic rings. The molecule has 1 N–H and O–H groups in total. The predicted octanol–water partition coefficient (Wildman–Crippen LogP) is 3.06. The van der Waals surface area contributed by atoms with Crippen LogP contribution in [0, 0.1) is 11.7 Å². The van der Waals surface area contributed by atoms with Crippen LogP contribution in [-0.2, 0) is 16.0 Å². The zero-order chi connectivity index (χ0) is 19.4. The van der Waals surface area contributed by atoms with Crippen LogP contribution in [0.1, 0.15) is 29.3 Å². The molecule has 1 aliphatic heterocycles. The maximum atomic E-state index is 12.9. The van der Waals surface area contributed by atoms with E-state index in [0.717, 1.165) is 5.56 Å². The van der Waals surface area contributed by atoms with Crippen molar-refractivity contribution in [3.63, 3.8) is 0 Å². The van der Waals surface area contributed by atoms with E-state index >= 15 is 0 Å². The van der Waals surface area contributed by atoms with Crippen molar-refractivity contribution >= 4 is 23.3 Å². The number of anilines is 1. The van der Waals surface area contributed by atoms with Crippen LogP contribution in [0.4, 0.5) is 10.1 Å². The van der Waals surface area contributed by atoms with Crippen molar-refractivity contribution in [1.29, 1.82) is 0 Å². The molecule has 0 aliphatic carbocycles. The van der Waals surface area contributed by atoms with E-state index in [-0.39, 0.29) is 29.8 Å². The van der Waals surface area contributed by atoms with E-state index in [4.69, 9.17) is 0 Å². The Morgan fingerprint density at radius 3 is 2.41 bits per heavy atom. The molecule has 0 spiro atoms. The van der Waals surface area contributed by atoms with Crippen molar-refractivity contribution in [3.8, 4) is 0 Å². The SMILES string of the molecule is CC(=O)c1ccc(NC(=O)[C@@H]2CC(=O)N(CCc3ccc(F)cc3)C2)cc1. The van der Waals surface area contributed by atoms with Gasteiger partial charge in [0, 0.05) is 30.8 Å². The molecule has 2 amide bonds. The number of rotatable bonds is 6. The van der Waals surface area contributed by atoms with E-state index in [0.29, 0.717) is 30.8 Å². The van der Waals surface area contributed by atoms with Crippen LogP contribution in [0.3, 0.4) is 0 Å². The summed E-state index contributed by atoms with van der Waals surface area (Å²) in [7, 11) is 0. The van der Waals surface area contributed by atoms with Gasteiger partial charge in [-0.3, -0.25) is 14.4 Å². The third kappa shape index (κ3) is 4.78. The van der Waals surface area contributed by atoms with Crippen LogP contribution in [0.25, 0.3) is 0 Å². The second-order valence-electron chi connectivity index (χ2n) is 6.74. The van der Waals surface area contributed by atoms with Gasteiger partial charge in [-0.1, -0.05) is 12.1 Å². The lowest BCUT2D eigenvalue weighted by atomic mass is 10.1. The van der Waals surface area contributed by atoms with Crippen molar-refractivity contribution in [2.45, 2.75) is 19.8 Å². The molecule has 0 bridgehead atoms. The summed E-state index contributed by atoms with van der Waals surface area (Å²) in [5, 5.41) is 2.80. The van der Waals surface area contributed by atoms with Crippen LogP contribution in [0.15, 0.2) is 48.5 Å².